The fourth-order valence-electron chi connectivity index (χ4n) is 2.12. The third-order valence-corrected chi connectivity index (χ3v) is 3.26. The van der Waals surface area contributed by atoms with Gasteiger partial charge in [-0.3, -0.25) is 0 Å². The van der Waals surface area contributed by atoms with Crippen molar-refractivity contribution in [2.24, 2.45) is 0 Å². The average Bonchev–Trinajstić information content (AvgIpc) is 2.45. The summed E-state index contributed by atoms with van der Waals surface area (Å²) in [6, 6.07) is 10.9. The topological polar surface area (TPSA) is 12.0 Å². The minimum absolute atomic E-state index is 0.201. The van der Waals surface area contributed by atoms with Gasteiger partial charge in [0, 0.05) is 12.6 Å². The Bertz CT molecular complexity index is 590. The predicted molar refractivity (Wildman–Crippen MR) is 73.1 cm³/mol. The molecule has 21 heavy (non-hydrogen) atoms. The Hall–Kier alpha value is -1.88. The largest absolute Gasteiger partial charge is 0.416 e. The summed E-state index contributed by atoms with van der Waals surface area (Å²) in [4.78, 5) is 0. The van der Waals surface area contributed by atoms with E-state index in [1.54, 1.807) is 25.1 Å². The molecule has 112 valence electrons. The van der Waals surface area contributed by atoms with Crippen LogP contribution in [0.15, 0.2) is 48.5 Å². The first-order valence-corrected chi connectivity index (χ1v) is 6.52. The second kappa shape index (κ2) is 6.26. The van der Waals surface area contributed by atoms with Crippen LogP contribution in [-0.4, -0.2) is 0 Å². The molecule has 0 saturated carbocycles. The van der Waals surface area contributed by atoms with E-state index in [9.17, 15) is 17.6 Å². The van der Waals surface area contributed by atoms with Crippen LogP contribution in [0.4, 0.5) is 17.6 Å². The van der Waals surface area contributed by atoms with E-state index < -0.39 is 17.8 Å². The standard InChI is InChI=1S/C16H15F4N/c1-11(21-10-12-6-8-13(17)9-7-12)14-4-2-3-5-15(14)16(18,19)20/h2-9,11,21H,10H2,1H3. The lowest BCUT2D eigenvalue weighted by Gasteiger charge is -2.19. The molecule has 1 nitrogen and oxygen atoms in total. The molecule has 2 aromatic carbocycles. The highest BCUT2D eigenvalue weighted by Gasteiger charge is 2.33. The first-order chi connectivity index (χ1) is 9.88. The van der Waals surface area contributed by atoms with E-state index in [2.05, 4.69) is 5.32 Å². The zero-order valence-electron chi connectivity index (χ0n) is 11.4. The van der Waals surface area contributed by atoms with Gasteiger partial charge >= 0.3 is 6.18 Å². The highest BCUT2D eigenvalue weighted by Crippen LogP contribution is 2.34. The highest BCUT2D eigenvalue weighted by atomic mass is 19.4. The van der Waals surface area contributed by atoms with Crippen LogP contribution in [0, 0.1) is 5.82 Å². The molecule has 0 saturated heterocycles. The molecule has 0 aromatic heterocycles. The van der Waals surface area contributed by atoms with E-state index in [0.717, 1.165) is 11.6 Å². The molecule has 0 aliphatic heterocycles. The van der Waals surface area contributed by atoms with Crippen LogP contribution in [0.25, 0.3) is 0 Å². The quantitative estimate of drug-likeness (QED) is 0.807. The molecule has 1 N–H and O–H groups in total. The first-order valence-electron chi connectivity index (χ1n) is 6.52. The Labute approximate surface area is 120 Å². The van der Waals surface area contributed by atoms with E-state index >= 15 is 0 Å². The average molecular weight is 297 g/mol. The molecule has 0 aliphatic carbocycles. The number of hydrogen-bond donors (Lipinski definition) is 1. The Morgan fingerprint density at radius 3 is 2.24 bits per heavy atom. The third-order valence-electron chi connectivity index (χ3n) is 3.26. The number of nitrogens with one attached hydrogen (secondary N) is 1. The number of benzene rings is 2. The maximum atomic E-state index is 12.9. The van der Waals surface area contributed by atoms with Crippen molar-refractivity contribution in [1.82, 2.24) is 5.32 Å². The second-order valence-electron chi connectivity index (χ2n) is 4.81. The van der Waals surface area contributed by atoms with E-state index in [-0.39, 0.29) is 11.4 Å². The zero-order valence-corrected chi connectivity index (χ0v) is 11.4. The number of hydrogen-bond acceptors (Lipinski definition) is 1. The number of alkyl halides is 3. The van der Waals surface area contributed by atoms with Gasteiger partial charge in [-0.05, 0) is 36.2 Å². The van der Waals surface area contributed by atoms with Gasteiger partial charge in [-0.2, -0.15) is 13.2 Å². The van der Waals surface area contributed by atoms with Crippen molar-refractivity contribution in [2.45, 2.75) is 25.7 Å². The molecule has 1 unspecified atom stereocenters. The van der Waals surface area contributed by atoms with Crippen LogP contribution in [0.1, 0.15) is 29.7 Å². The van der Waals surface area contributed by atoms with Crippen molar-refractivity contribution >= 4 is 0 Å². The van der Waals surface area contributed by atoms with Gasteiger partial charge in [-0.25, -0.2) is 4.39 Å². The molecule has 2 aromatic rings. The zero-order chi connectivity index (χ0) is 15.5. The lowest BCUT2D eigenvalue weighted by atomic mass is 10.0. The van der Waals surface area contributed by atoms with Crippen molar-refractivity contribution in [2.75, 3.05) is 0 Å². The van der Waals surface area contributed by atoms with E-state index in [1.165, 1.54) is 24.3 Å². The smallest absolute Gasteiger partial charge is 0.306 e. The van der Waals surface area contributed by atoms with Crippen molar-refractivity contribution in [3.05, 3.63) is 71.0 Å². The lowest BCUT2D eigenvalue weighted by Crippen LogP contribution is -2.21. The second-order valence-corrected chi connectivity index (χ2v) is 4.81. The normalized spacial score (nSPS) is 13.2. The summed E-state index contributed by atoms with van der Waals surface area (Å²) in [5.41, 5.74) is 0.379. The molecule has 5 heteroatoms. The van der Waals surface area contributed by atoms with E-state index in [0.29, 0.717) is 6.54 Å². The SMILES string of the molecule is CC(NCc1ccc(F)cc1)c1ccccc1C(F)(F)F. The predicted octanol–water partition coefficient (Wildman–Crippen LogP) is 4.70. The monoisotopic (exact) mass is 297 g/mol. The van der Waals surface area contributed by atoms with Gasteiger partial charge < -0.3 is 5.32 Å². The third kappa shape index (κ3) is 4.04. The van der Waals surface area contributed by atoms with E-state index in [1.807, 2.05) is 0 Å². The van der Waals surface area contributed by atoms with Crippen LogP contribution in [-0.2, 0) is 12.7 Å². The fourth-order valence-corrected chi connectivity index (χ4v) is 2.12. The van der Waals surface area contributed by atoms with Crippen molar-refractivity contribution in [3.63, 3.8) is 0 Å². The maximum Gasteiger partial charge on any atom is 0.416 e. The Balaban J connectivity index is 2.10. The molecule has 0 amide bonds. The summed E-state index contributed by atoms with van der Waals surface area (Å²) in [7, 11) is 0. The Kier molecular flexibility index (Phi) is 4.63. The molecule has 0 spiro atoms. The molecule has 0 fully saturated rings. The van der Waals surface area contributed by atoms with Crippen molar-refractivity contribution in [3.8, 4) is 0 Å². The van der Waals surface area contributed by atoms with Crippen molar-refractivity contribution in [1.29, 1.82) is 0 Å². The van der Waals surface area contributed by atoms with Crippen LogP contribution in [0.5, 0.6) is 0 Å². The van der Waals surface area contributed by atoms with Gasteiger partial charge in [-0.15, -0.1) is 0 Å². The van der Waals surface area contributed by atoms with Crippen LogP contribution in [0.3, 0.4) is 0 Å². The molecular weight excluding hydrogens is 282 g/mol. The van der Waals surface area contributed by atoms with Gasteiger partial charge in [0.25, 0.3) is 0 Å². The maximum absolute atomic E-state index is 12.9. The van der Waals surface area contributed by atoms with Gasteiger partial charge in [-0.1, -0.05) is 30.3 Å². The summed E-state index contributed by atoms with van der Waals surface area (Å²) in [5, 5.41) is 3.02. The Morgan fingerprint density at radius 2 is 1.62 bits per heavy atom. The number of rotatable bonds is 4. The molecule has 0 heterocycles. The molecule has 2 rings (SSSR count). The minimum atomic E-state index is -4.37. The number of halogens is 4. The Morgan fingerprint density at radius 1 is 1.00 bits per heavy atom. The van der Waals surface area contributed by atoms with Gasteiger partial charge in [0.1, 0.15) is 5.82 Å². The molecule has 1 atom stereocenters. The van der Waals surface area contributed by atoms with Gasteiger partial charge in [0.2, 0.25) is 0 Å². The van der Waals surface area contributed by atoms with E-state index in [4.69, 9.17) is 0 Å². The summed E-state index contributed by atoms with van der Waals surface area (Å²) >= 11 is 0. The van der Waals surface area contributed by atoms with Crippen LogP contribution in [0.2, 0.25) is 0 Å². The molecule has 0 bridgehead atoms. The summed E-state index contributed by atoms with van der Waals surface area (Å²) in [6.07, 6.45) is -4.37. The van der Waals surface area contributed by atoms with Gasteiger partial charge in [0.15, 0.2) is 0 Å². The fraction of sp³-hybridized carbons (Fsp3) is 0.250. The van der Waals surface area contributed by atoms with Crippen molar-refractivity contribution < 1.29 is 17.6 Å². The minimum Gasteiger partial charge on any atom is -0.306 e. The summed E-state index contributed by atoms with van der Waals surface area (Å²) in [5.74, 6) is -0.339. The lowest BCUT2D eigenvalue weighted by molar-refractivity contribution is -0.138. The van der Waals surface area contributed by atoms with Gasteiger partial charge in [0.05, 0.1) is 5.56 Å². The summed E-state index contributed by atoms with van der Waals surface area (Å²) in [6.45, 7) is 2.04. The highest BCUT2D eigenvalue weighted by molar-refractivity contribution is 5.32. The molecule has 0 aliphatic rings. The first kappa shape index (κ1) is 15.5. The van der Waals surface area contributed by atoms with Crippen LogP contribution < -0.4 is 5.32 Å². The molecular formula is C16H15F4N. The van der Waals surface area contributed by atoms with Crippen LogP contribution >= 0.6 is 0 Å². The summed E-state index contributed by atoms with van der Waals surface area (Å²) < 4.78 is 51.6. The molecule has 0 radical (unpaired) electrons.